The van der Waals surface area contributed by atoms with Crippen LogP contribution in [0.1, 0.15) is 0 Å². The molecule has 0 unspecified atom stereocenters. The quantitative estimate of drug-likeness (QED) is 0.371. The van der Waals surface area contributed by atoms with E-state index in [1.807, 2.05) is 0 Å². The van der Waals surface area contributed by atoms with Gasteiger partial charge in [-0.1, -0.05) is 0 Å². The van der Waals surface area contributed by atoms with Gasteiger partial charge in [0, 0.05) is 0 Å². The molecular weight excluding hydrogens is 164 g/mol. The van der Waals surface area contributed by atoms with E-state index in [4.69, 9.17) is 12.1 Å². The molecule has 0 aliphatic heterocycles. The van der Waals surface area contributed by atoms with Gasteiger partial charge in [0.2, 0.25) is 0 Å². The van der Waals surface area contributed by atoms with Crippen LogP contribution in [0.3, 0.4) is 0 Å². The summed E-state index contributed by atoms with van der Waals surface area (Å²) >= 11 is -3.79. The second-order valence-electron chi connectivity index (χ2n) is 0.204. The molecule has 5 heteroatoms. The van der Waals surface area contributed by atoms with Gasteiger partial charge in [-0.3, -0.25) is 0 Å². The van der Waals surface area contributed by atoms with E-state index in [-0.39, 0.29) is 17.1 Å². The monoisotopic (exact) mass is 163 g/mol. The van der Waals surface area contributed by atoms with Crippen LogP contribution in [0.25, 0.3) is 0 Å². The molecule has 35 valence electrons. The third kappa shape index (κ3) is 61.5. The van der Waals surface area contributed by atoms with E-state index >= 15 is 0 Å². The normalized spacial score (nSPS) is 7.00. The maximum atomic E-state index is 8.54. The van der Waals surface area contributed by atoms with Crippen molar-refractivity contribution in [2.45, 2.75) is 0 Å². The van der Waals surface area contributed by atoms with E-state index < -0.39 is 14.8 Å². The molecule has 0 amide bonds. The molecule has 0 spiro atoms. The molecule has 0 aliphatic rings. The topological polar surface area (TPSA) is 63.2 Å². The number of hydrogen-bond donors (Lipinski definition) is 0. The van der Waals surface area contributed by atoms with Crippen molar-refractivity contribution in [2.24, 2.45) is 0 Å². The Kier molecular flexibility index (Phi) is 8.82. The summed E-state index contributed by atoms with van der Waals surface area (Å²) < 4.78 is 25.6. The van der Waals surface area contributed by atoms with Crippen LogP contribution in [0.15, 0.2) is 0 Å². The van der Waals surface area contributed by atoms with Crippen LogP contribution in [0.5, 0.6) is 0 Å². The Morgan fingerprint density at radius 3 is 1.40 bits per heavy atom. The molecule has 0 aromatic rings. The van der Waals surface area contributed by atoms with Gasteiger partial charge in [0.15, 0.2) is 0 Å². The van der Waals surface area contributed by atoms with Crippen molar-refractivity contribution in [3.63, 3.8) is 0 Å². The molecule has 0 rings (SSSR count). The average Bonchev–Trinajstić information content (AvgIpc) is 0.811. The zero-order valence-electron chi connectivity index (χ0n) is 1.93. The Labute approximate surface area is 44.4 Å². The van der Waals surface area contributed by atoms with Crippen LogP contribution in [0.2, 0.25) is 0 Å². The molecule has 0 aromatic carbocycles. The fraction of sp³-hybridized carbons (Fsp3) is 0. The first-order valence-electron chi connectivity index (χ1n) is 0.500. The van der Waals surface area contributed by atoms with Gasteiger partial charge in [-0.25, -0.2) is 0 Å². The Morgan fingerprint density at radius 1 is 1.40 bits per heavy atom. The third-order valence-electron chi connectivity index (χ3n) is 0. The first-order valence-corrected chi connectivity index (χ1v) is 2.06. The SMILES string of the molecule is [Cu+2].[O]=[Cr]([O-])[O-]. The van der Waals surface area contributed by atoms with Gasteiger partial charge >= 0.3 is 43.9 Å². The van der Waals surface area contributed by atoms with E-state index in [1.165, 1.54) is 0 Å². The molecule has 0 aromatic heterocycles. The molecule has 0 bridgehead atoms. The minimum absolute atomic E-state index is 0. The molecule has 1 radical (unpaired) electrons. The molecule has 0 saturated carbocycles. The summed E-state index contributed by atoms with van der Waals surface area (Å²) in [5, 5.41) is 0. The van der Waals surface area contributed by atoms with Crippen molar-refractivity contribution < 1.29 is 43.9 Å². The van der Waals surface area contributed by atoms with Gasteiger partial charge in [0.25, 0.3) is 0 Å². The molecule has 0 atom stereocenters. The molecular formula is CrCuO3. The third-order valence-corrected chi connectivity index (χ3v) is 0. The van der Waals surface area contributed by atoms with Crippen LogP contribution in [-0.4, -0.2) is 0 Å². The number of hydrogen-bond acceptors (Lipinski definition) is 3. The van der Waals surface area contributed by atoms with Crippen LogP contribution in [0, 0.1) is 0 Å². The molecule has 0 heterocycles. The maximum absolute atomic E-state index is 8.54. The fourth-order valence-corrected chi connectivity index (χ4v) is 0. The summed E-state index contributed by atoms with van der Waals surface area (Å²) in [7, 11) is 0. The number of rotatable bonds is 0. The van der Waals surface area contributed by atoms with E-state index in [0.717, 1.165) is 0 Å². The molecule has 5 heavy (non-hydrogen) atoms. The second kappa shape index (κ2) is 4.77. The van der Waals surface area contributed by atoms with Crippen LogP contribution in [-0.2, 0) is 35.6 Å². The van der Waals surface area contributed by atoms with Crippen molar-refractivity contribution in [1.82, 2.24) is 0 Å². The average molecular weight is 164 g/mol. The van der Waals surface area contributed by atoms with Crippen molar-refractivity contribution >= 4 is 0 Å². The predicted molar refractivity (Wildman–Crippen MR) is 0.686 cm³/mol. The standard InChI is InChI=1S/Cr.Cu.3O/q;+2;;2*-1. The molecule has 0 saturated heterocycles. The summed E-state index contributed by atoms with van der Waals surface area (Å²) in [6.07, 6.45) is 0. The van der Waals surface area contributed by atoms with Crippen LogP contribution >= 0.6 is 0 Å². The van der Waals surface area contributed by atoms with Crippen LogP contribution in [0.4, 0.5) is 0 Å². The first-order chi connectivity index (χ1) is 1.73. The van der Waals surface area contributed by atoms with Gasteiger partial charge in [0.05, 0.1) is 0 Å². The van der Waals surface area contributed by atoms with Crippen molar-refractivity contribution in [3.8, 4) is 0 Å². The van der Waals surface area contributed by atoms with Gasteiger partial charge in [0.1, 0.15) is 0 Å². The Morgan fingerprint density at radius 2 is 1.40 bits per heavy atom. The molecule has 0 aliphatic carbocycles. The van der Waals surface area contributed by atoms with E-state index in [0.29, 0.717) is 0 Å². The second-order valence-corrected chi connectivity index (χ2v) is 0.842. The van der Waals surface area contributed by atoms with Gasteiger partial charge in [-0.15, -0.1) is 0 Å². The Hall–Kier alpha value is 0.772. The first kappa shape index (κ1) is 9.24. The van der Waals surface area contributed by atoms with Gasteiger partial charge in [-0.05, 0) is 0 Å². The van der Waals surface area contributed by atoms with Crippen LogP contribution < -0.4 is 8.32 Å². The fourth-order valence-electron chi connectivity index (χ4n) is 0. The van der Waals surface area contributed by atoms with E-state index in [1.54, 1.807) is 0 Å². The Balaban J connectivity index is 0. The van der Waals surface area contributed by atoms with Gasteiger partial charge in [-0.2, -0.15) is 0 Å². The summed E-state index contributed by atoms with van der Waals surface area (Å²) in [4.78, 5) is 0. The Bertz CT molecular complexity index is 29.9. The van der Waals surface area contributed by atoms with E-state index in [9.17, 15) is 0 Å². The zero-order chi connectivity index (χ0) is 3.58. The van der Waals surface area contributed by atoms with E-state index in [2.05, 4.69) is 0 Å². The summed E-state index contributed by atoms with van der Waals surface area (Å²) in [6, 6.07) is 0. The minimum atomic E-state index is -3.79. The van der Waals surface area contributed by atoms with Crippen molar-refractivity contribution in [3.05, 3.63) is 0 Å². The molecule has 0 N–H and O–H groups in total. The van der Waals surface area contributed by atoms with Crippen molar-refractivity contribution in [1.29, 1.82) is 0 Å². The summed E-state index contributed by atoms with van der Waals surface area (Å²) in [6.45, 7) is 0. The summed E-state index contributed by atoms with van der Waals surface area (Å²) in [5.41, 5.74) is 0. The van der Waals surface area contributed by atoms with Gasteiger partial charge < -0.3 is 0 Å². The zero-order valence-corrected chi connectivity index (χ0v) is 4.15. The predicted octanol–water partition coefficient (Wildman–Crippen LogP) is -2.50. The molecule has 0 fully saturated rings. The van der Waals surface area contributed by atoms with Crippen molar-refractivity contribution in [2.75, 3.05) is 0 Å². The summed E-state index contributed by atoms with van der Waals surface area (Å²) in [5.74, 6) is 0. The molecule has 3 nitrogen and oxygen atoms in total.